The largest absolute Gasteiger partial charge is 0.408 e. The summed E-state index contributed by atoms with van der Waals surface area (Å²) < 4.78 is 39.6. The Morgan fingerprint density at radius 2 is 1.92 bits per heavy atom. The molecule has 0 N–H and O–H groups in total. The standard InChI is InChI=1S/C16H14F3N3O2/c17-16(18,19)13-7-4-10-21(13)15-14(22(23)24)12(8-9-20-15)11-5-2-1-3-6-11/h1-3,5-6,8-9,13H,4,7,10H2/t13-/m1/s1. The van der Waals surface area contributed by atoms with Crippen LogP contribution in [-0.2, 0) is 0 Å². The van der Waals surface area contributed by atoms with Crippen LogP contribution in [0.3, 0.4) is 0 Å². The molecule has 1 aromatic carbocycles. The van der Waals surface area contributed by atoms with Crippen LogP contribution in [0.5, 0.6) is 0 Å². The monoisotopic (exact) mass is 337 g/mol. The molecule has 2 heterocycles. The van der Waals surface area contributed by atoms with Crippen molar-refractivity contribution in [3.8, 4) is 11.1 Å². The summed E-state index contributed by atoms with van der Waals surface area (Å²) in [5, 5.41) is 11.6. The van der Waals surface area contributed by atoms with Crippen LogP contribution in [0.25, 0.3) is 11.1 Å². The Morgan fingerprint density at radius 3 is 2.54 bits per heavy atom. The number of aromatic nitrogens is 1. The Balaban J connectivity index is 2.14. The van der Waals surface area contributed by atoms with E-state index in [2.05, 4.69) is 4.98 Å². The van der Waals surface area contributed by atoms with E-state index < -0.39 is 17.1 Å². The maximum Gasteiger partial charge on any atom is 0.408 e. The SMILES string of the molecule is O=[N+]([O-])c1c(-c2ccccc2)ccnc1N1CCC[C@@H]1C(F)(F)F. The first-order chi connectivity index (χ1) is 11.4. The van der Waals surface area contributed by atoms with E-state index in [9.17, 15) is 23.3 Å². The topological polar surface area (TPSA) is 59.3 Å². The van der Waals surface area contributed by atoms with Gasteiger partial charge in [-0.25, -0.2) is 4.98 Å². The number of alkyl halides is 3. The van der Waals surface area contributed by atoms with Gasteiger partial charge in [0.25, 0.3) is 0 Å². The number of nitrogens with zero attached hydrogens (tertiary/aromatic N) is 3. The van der Waals surface area contributed by atoms with Gasteiger partial charge in [-0.05, 0) is 24.5 Å². The zero-order valence-electron chi connectivity index (χ0n) is 12.5. The van der Waals surface area contributed by atoms with Gasteiger partial charge < -0.3 is 4.90 Å². The van der Waals surface area contributed by atoms with Gasteiger partial charge in [-0.2, -0.15) is 13.2 Å². The number of hydrogen-bond acceptors (Lipinski definition) is 4. The van der Waals surface area contributed by atoms with Crippen LogP contribution >= 0.6 is 0 Å². The molecule has 1 atom stereocenters. The van der Waals surface area contributed by atoms with Crippen molar-refractivity contribution in [1.82, 2.24) is 4.98 Å². The lowest BCUT2D eigenvalue weighted by Gasteiger charge is -2.27. The molecule has 5 nitrogen and oxygen atoms in total. The number of halogens is 3. The molecular formula is C16H14F3N3O2. The zero-order chi connectivity index (χ0) is 17.3. The van der Waals surface area contributed by atoms with E-state index in [0.717, 1.165) is 4.90 Å². The Labute approximate surface area is 135 Å². The van der Waals surface area contributed by atoms with Crippen molar-refractivity contribution in [1.29, 1.82) is 0 Å². The van der Waals surface area contributed by atoms with Crippen molar-refractivity contribution < 1.29 is 18.1 Å². The summed E-state index contributed by atoms with van der Waals surface area (Å²) >= 11 is 0. The summed E-state index contributed by atoms with van der Waals surface area (Å²) in [6.45, 7) is 0.0935. The summed E-state index contributed by atoms with van der Waals surface area (Å²) in [6.07, 6.45) is -2.90. The zero-order valence-corrected chi connectivity index (χ0v) is 12.5. The van der Waals surface area contributed by atoms with Gasteiger partial charge in [0.15, 0.2) is 0 Å². The average molecular weight is 337 g/mol. The van der Waals surface area contributed by atoms with Crippen molar-refractivity contribution in [2.45, 2.75) is 25.1 Å². The molecule has 3 rings (SSSR count). The van der Waals surface area contributed by atoms with Crippen LogP contribution in [0.4, 0.5) is 24.7 Å². The van der Waals surface area contributed by atoms with Gasteiger partial charge in [-0.1, -0.05) is 30.3 Å². The predicted molar refractivity (Wildman–Crippen MR) is 82.8 cm³/mol. The summed E-state index contributed by atoms with van der Waals surface area (Å²) in [5.41, 5.74) is 0.439. The highest BCUT2D eigenvalue weighted by molar-refractivity contribution is 5.80. The number of hydrogen-bond donors (Lipinski definition) is 0. The van der Waals surface area contributed by atoms with Crippen LogP contribution < -0.4 is 4.90 Å². The van der Waals surface area contributed by atoms with E-state index in [1.54, 1.807) is 30.3 Å². The molecule has 1 saturated heterocycles. The summed E-state index contributed by atoms with van der Waals surface area (Å²) in [4.78, 5) is 15.9. The Hall–Kier alpha value is -2.64. The molecule has 1 aliphatic heterocycles. The minimum Gasteiger partial charge on any atom is -0.339 e. The molecule has 8 heteroatoms. The molecule has 0 bridgehead atoms. The van der Waals surface area contributed by atoms with Crippen molar-refractivity contribution >= 4 is 11.5 Å². The maximum atomic E-state index is 13.2. The first-order valence-electron chi connectivity index (χ1n) is 7.42. The average Bonchev–Trinajstić information content (AvgIpc) is 3.04. The van der Waals surface area contributed by atoms with Gasteiger partial charge >= 0.3 is 11.9 Å². The third-order valence-electron chi connectivity index (χ3n) is 4.08. The minimum absolute atomic E-state index is 0.0854. The van der Waals surface area contributed by atoms with Crippen LogP contribution in [0.2, 0.25) is 0 Å². The van der Waals surface area contributed by atoms with E-state index in [1.807, 2.05) is 0 Å². The van der Waals surface area contributed by atoms with Gasteiger partial charge in [0, 0.05) is 12.7 Å². The molecule has 1 aromatic heterocycles. The van der Waals surface area contributed by atoms with E-state index >= 15 is 0 Å². The third kappa shape index (κ3) is 2.91. The van der Waals surface area contributed by atoms with Gasteiger partial charge in [0.1, 0.15) is 6.04 Å². The van der Waals surface area contributed by atoms with Crippen LogP contribution in [0.15, 0.2) is 42.6 Å². The van der Waals surface area contributed by atoms with Crippen LogP contribution in [0, 0.1) is 10.1 Å². The molecule has 1 aliphatic rings. The molecule has 2 aromatic rings. The molecule has 0 amide bonds. The van der Waals surface area contributed by atoms with Crippen molar-refractivity contribution in [2.75, 3.05) is 11.4 Å². The molecule has 1 fully saturated rings. The van der Waals surface area contributed by atoms with Gasteiger partial charge in [0.2, 0.25) is 5.82 Å². The fourth-order valence-electron chi connectivity index (χ4n) is 3.04. The lowest BCUT2D eigenvalue weighted by Crippen LogP contribution is -2.42. The first-order valence-corrected chi connectivity index (χ1v) is 7.42. The fourth-order valence-corrected chi connectivity index (χ4v) is 3.04. The van der Waals surface area contributed by atoms with E-state index in [0.29, 0.717) is 12.0 Å². The second kappa shape index (κ2) is 6.10. The molecule has 0 unspecified atom stereocenters. The highest BCUT2D eigenvalue weighted by Gasteiger charge is 2.48. The van der Waals surface area contributed by atoms with Crippen LogP contribution in [-0.4, -0.2) is 28.7 Å². The fraction of sp³-hybridized carbons (Fsp3) is 0.312. The normalized spacial score (nSPS) is 18.0. The summed E-state index contributed by atoms with van der Waals surface area (Å²) in [6, 6.07) is 8.26. The van der Waals surface area contributed by atoms with E-state index in [1.165, 1.54) is 12.3 Å². The predicted octanol–water partition coefficient (Wildman–Crippen LogP) is 4.19. The molecule has 0 radical (unpaired) electrons. The Morgan fingerprint density at radius 1 is 1.21 bits per heavy atom. The smallest absolute Gasteiger partial charge is 0.339 e. The highest BCUT2D eigenvalue weighted by atomic mass is 19.4. The molecule has 0 aliphatic carbocycles. The third-order valence-corrected chi connectivity index (χ3v) is 4.08. The second-order valence-electron chi connectivity index (χ2n) is 5.55. The summed E-state index contributed by atoms with van der Waals surface area (Å²) in [7, 11) is 0. The lowest BCUT2D eigenvalue weighted by atomic mass is 10.0. The maximum absolute atomic E-state index is 13.2. The lowest BCUT2D eigenvalue weighted by molar-refractivity contribution is -0.383. The van der Waals surface area contributed by atoms with Gasteiger partial charge in [-0.3, -0.25) is 10.1 Å². The minimum atomic E-state index is -4.45. The van der Waals surface area contributed by atoms with Crippen molar-refractivity contribution in [3.63, 3.8) is 0 Å². The molecule has 126 valence electrons. The van der Waals surface area contributed by atoms with Crippen molar-refractivity contribution in [2.24, 2.45) is 0 Å². The number of pyridine rings is 1. The number of rotatable bonds is 3. The Kier molecular flexibility index (Phi) is 4.13. The van der Waals surface area contributed by atoms with Gasteiger partial charge in [-0.15, -0.1) is 0 Å². The Bertz CT molecular complexity index is 750. The van der Waals surface area contributed by atoms with E-state index in [4.69, 9.17) is 0 Å². The molecule has 0 spiro atoms. The molecule has 0 saturated carbocycles. The second-order valence-corrected chi connectivity index (χ2v) is 5.55. The van der Waals surface area contributed by atoms with E-state index in [-0.39, 0.29) is 30.0 Å². The quantitative estimate of drug-likeness (QED) is 0.622. The molecular weight excluding hydrogens is 323 g/mol. The summed E-state index contributed by atoms with van der Waals surface area (Å²) in [5.74, 6) is -0.221. The van der Waals surface area contributed by atoms with Crippen LogP contribution in [0.1, 0.15) is 12.8 Å². The first kappa shape index (κ1) is 16.2. The van der Waals surface area contributed by atoms with Gasteiger partial charge in [0.05, 0.1) is 10.5 Å². The number of benzene rings is 1. The number of nitro groups is 1. The molecule has 24 heavy (non-hydrogen) atoms. The highest BCUT2D eigenvalue weighted by Crippen LogP contribution is 2.42. The van der Waals surface area contributed by atoms with Crippen molar-refractivity contribution in [3.05, 3.63) is 52.7 Å². The number of anilines is 1.